The Kier molecular flexibility index (Phi) is 2.99. The Balaban J connectivity index is 2.05. The minimum atomic E-state index is -1.01. The van der Waals surface area contributed by atoms with Gasteiger partial charge in [0.1, 0.15) is 12.4 Å². The summed E-state index contributed by atoms with van der Waals surface area (Å²) in [5, 5.41) is 0. The van der Waals surface area contributed by atoms with Crippen LogP contribution in [-0.4, -0.2) is 24.7 Å². The van der Waals surface area contributed by atoms with Crippen molar-refractivity contribution in [2.24, 2.45) is 10.7 Å². The van der Waals surface area contributed by atoms with Crippen LogP contribution in [0.25, 0.3) is 0 Å². The zero-order valence-corrected chi connectivity index (χ0v) is 13.6. The molecule has 4 rings (SSSR count). The second kappa shape index (κ2) is 4.82. The number of pyridine rings is 1. The highest BCUT2D eigenvalue weighted by molar-refractivity contribution is 9.10. The van der Waals surface area contributed by atoms with Crippen LogP contribution in [0.15, 0.2) is 33.9 Å². The molecule has 1 aromatic carbocycles. The first-order valence-electron chi connectivity index (χ1n) is 6.73. The van der Waals surface area contributed by atoms with Gasteiger partial charge in [0.05, 0.1) is 12.7 Å². The number of fused-ring (bicyclic) bond motifs is 4. The van der Waals surface area contributed by atoms with Gasteiger partial charge >= 0.3 is 0 Å². The molecule has 3 heterocycles. The molecular weight excluding hydrogens is 369 g/mol. The van der Waals surface area contributed by atoms with Gasteiger partial charge in [-0.25, -0.2) is 14.4 Å². The fourth-order valence-corrected chi connectivity index (χ4v) is 3.18. The van der Waals surface area contributed by atoms with E-state index in [1.165, 1.54) is 13.2 Å². The van der Waals surface area contributed by atoms with Gasteiger partial charge in [0.15, 0.2) is 17.1 Å². The van der Waals surface area contributed by atoms with Crippen molar-refractivity contribution in [2.45, 2.75) is 5.54 Å². The monoisotopic (exact) mass is 379 g/mol. The third kappa shape index (κ3) is 1.98. The summed E-state index contributed by atoms with van der Waals surface area (Å²) in [6, 6.07) is 4.77. The van der Waals surface area contributed by atoms with Crippen LogP contribution in [0.3, 0.4) is 0 Å². The van der Waals surface area contributed by atoms with Gasteiger partial charge < -0.3 is 19.9 Å². The van der Waals surface area contributed by atoms with Crippen LogP contribution < -0.4 is 15.2 Å². The maximum atomic E-state index is 14.5. The molecule has 0 fully saturated rings. The van der Waals surface area contributed by atoms with Crippen molar-refractivity contribution in [1.82, 2.24) is 4.98 Å². The van der Waals surface area contributed by atoms with Gasteiger partial charge in [0.2, 0.25) is 5.88 Å². The molecule has 1 aromatic heterocycles. The van der Waals surface area contributed by atoms with E-state index in [4.69, 9.17) is 19.9 Å². The van der Waals surface area contributed by atoms with Crippen molar-refractivity contribution in [3.8, 4) is 17.4 Å². The summed E-state index contributed by atoms with van der Waals surface area (Å²) in [6.45, 7) is 0.132. The highest BCUT2D eigenvalue weighted by Crippen LogP contribution is 2.52. The molecule has 2 aromatic rings. The van der Waals surface area contributed by atoms with Gasteiger partial charge in [0.25, 0.3) is 6.02 Å². The lowest BCUT2D eigenvalue weighted by Crippen LogP contribution is -2.32. The van der Waals surface area contributed by atoms with Crippen LogP contribution in [-0.2, 0) is 10.3 Å². The summed E-state index contributed by atoms with van der Waals surface area (Å²) in [4.78, 5) is 8.64. The van der Waals surface area contributed by atoms with Crippen LogP contribution >= 0.6 is 15.9 Å². The third-order valence-electron chi connectivity index (χ3n) is 3.89. The second-order valence-corrected chi connectivity index (χ2v) is 6.11. The van der Waals surface area contributed by atoms with E-state index in [1.807, 2.05) is 6.07 Å². The molecule has 2 aliphatic heterocycles. The van der Waals surface area contributed by atoms with Crippen molar-refractivity contribution in [1.29, 1.82) is 0 Å². The van der Waals surface area contributed by atoms with Crippen LogP contribution in [0.2, 0.25) is 0 Å². The molecule has 118 valence electrons. The Labute approximate surface area is 139 Å². The smallest absolute Gasteiger partial charge is 0.283 e. The molecule has 2 N–H and O–H groups in total. The lowest BCUT2D eigenvalue weighted by molar-refractivity contribution is 0.258. The van der Waals surface area contributed by atoms with Gasteiger partial charge in [-0.05, 0) is 28.1 Å². The van der Waals surface area contributed by atoms with Crippen molar-refractivity contribution in [3.63, 3.8) is 0 Å². The summed E-state index contributed by atoms with van der Waals surface area (Å²) in [5.74, 6) is 0.119. The molecule has 0 bridgehead atoms. The van der Waals surface area contributed by atoms with Gasteiger partial charge in [-0.15, -0.1) is 0 Å². The molecule has 2 aliphatic rings. The number of methoxy groups -OCH3 is 1. The van der Waals surface area contributed by atoms with Gasteiger partial charge in [-0.2, -0.15) is 0 Å². The Morgan fingerprint density at radius 1 is 1.35 bits per heavy atom. The van der Waals surface area contributed by atoms with E-state index >= 15 is 0 Å². The van der Waals surface area contributed by atoms with E-state index in [-0.39, 0.29) is 24.3 Å². The number of hydrogen-bond acceptors (Lipinski definition) is 6. The fourth-order valence-electron chi connectivity index (χ4n) is 2.85. The van der Waals surface area contributed by atoms with Crippen LogP contribution in [0.1, 0.15) is 11.1 Å². The van der Waals surface area contributed by atoms with E-state index in [9.17, 15) is 4.39 Å². The molecule has 1 spiro atoms. The minimum Gasteiger partial charge on any atom is -0.497 e. The second-order valence-electron chi connectivity index (χ2n) is 5.19. The van der Waals surface area contributed by atoms with Gasteiger partial charge in [0, 0.05) is 22.3 Å². The van der Waals surface area contributed by atoms with Crippen molar-refractivity contribution < 1.29 is 18.6 Å². The van der Waals surface area contributed by atoms with Gasteiger partial charge in [-0.3, -0.25) is 0 Å². The van der Waals surface area contributed by atoms with Crippen molar-refractivity contribution in [3.05, 3.63) is 45.8 Å². The molecular formula is C15H11BrFN3O3. The van der Waals surface area contributed by atoms with Crippen LogP contribution in [0.4, 0.5) is 4.39 Å². The Hall–Kier alpha value is -2.35. The molecule has 23 heavy (non-hydrogen) atoms. The molecule has 0 radical (unpaired) electrons. The average molecular weight is 380 g/mol. The summed E-state index contributed by atoms with van der Waals surface area (Å²) >= 11 is 3.38. The van der Waals surface area contributed by atoms with Crippen LogP contribution in [0, 0.1) is 5.82 Å². The highest BCUT2D eigenvalue weighted by atomic mass is 79.9. The number of amidine groups is 1. The Morgan fingerprint density at radius 2 is 2.17 bits per heavy atom. The van der Waals surface area contributed by atoms with E-state index in [2.05, 4.69) is 25.9 Å². The largest absolute Gasteiger partial charge is 0.497 e. The van der Waals surface area contributed by atoms with Crippen molar-refractivity contribution in [2.75, 3.05) is 13.7 Å². The third-order valence-corrected chi connectivity index (χ3v) is 4.32. The number of rotatable bonds is 1. The first-order valence-corrected chi connectivity index (χ1v) is 7.53. The number of ether oxygens (including phenoxy) is 3. The number of benzene rings is 1. The molecule has 0 saturated carbocycles. The predicted molar refractivity (Wildman–Crippen MR) is 83.3 cm³/mol. The number of halogens is 2. The Morgan fingerprint density at radius 3 is 2.87 bits per heavy atom. The maximum absolute atomic E-state index is 14.5. The minimum absolute atomic E-state index is 0.0343. The summed E-state index contributed by atoms with van der Waals surface area (Å²) in [5.41, 5.74) is 5.85. The van der Waals surface area contributed by atoms with E-state index in [0.717, 1.165) is 4.47 Å². The number of nitrogens with zero attached hydrogens (tertiary/aromatic N) is 2. The zero-order chi connectivity index (χ0) is 16.2. The first-order chi connectivity index (χ1) is 11.0. The maximum Gasteiger partial charge on any atom is 0.283 e. The summed E-state index contributed by atoms with van der Waals surface area (Å²) in [6.07, 6.45) is 1.57. The fraction of sp³-hybridized carbons (Fsp3) is 0.200. The highest BCUT2D eigenvalue weighted by Gasteiger charge is 2.48. The standard InChI is InChI=1S/C15H11BrFN3O3/c1-21-8-3-9-12(11(17)4-8)23-13-10(2-7(16)5-19-13)15(9)6-22-14(18)20-15/h2-5H,6H2,1H3,(H2,18,20). The normalized spacial score (nSPS) is 21.1. The molecule has 0 amide bonds. The quantitative estimate of drug-likeness (QED) is 0.823. The number of aliphatic imine (C=N–C) groups is 1. The zero-order valence-electron chi connectivity index (χ0n) is 12.0. The average Bonchev–Trinajstić information content (AvgIpc) is 2.92. The lowest BCUT2D eigenvalue weighted by atomic mass is 9.82. The molecule has 6 nitrogen and oxygen atoms in total. The molecule has 8 heteroatoms. The molecule has 0 aliphatic carbocycles. The molecule has 1 atom stereocenters. The van der Waals surface area contributed by atoms with Gasteiger partial charge in [-0.1, -0.05) is 0 Å². The SMILES string of the molecule is COc1cc(F)c2c(c1)C1(COC(N)=N1)c1cc(Br)cnc1O2. The van der Waals surface area contributed by atoms with Crippen LogP contribution in [0.5, 0.6) is 17.4 Å². The van der Waals surface area contributed by atoms with Crippen molar-refractivity contribution >= 4 is 22.0 Å². The van der Waals surface area contributed by atoms with E-state index < -0.39 is 11.4 Å². The number of nitrogens with two attached hydrogens (primary N) is 1. The van der Waals surface area contributed by atoms with E-state index in [1.54, 1.807) is 12.3 Å². The number of hydrogen-bond donors (Lipinski definition) is 1. The predicted octanol–water partition coefficient (Wildman–Crippen LogP) is 2.69. The molecule has 1 unspecified atom stereocenters. The first kappa shape index (κ1) is 14.3. The summed E-state index contributed by atoms with van der Waals surface area (Å²) in [7, 11) is 1.46. The van der Waals surface area contributed by atoms with E-state index in [0.29, 0.717) is 16.9 Å². The Bertz CT molecular complexity index is 858. The number of aromatic nitrogens is 1. The molecule has 0 saturated heterocycles. The topological polar surface area (TPSA) is 79.0 Å². The lowest BCUT2D eigenvalue weighted by Gasteiger charge is -2.32. The summed E-state index contributed by atoms with van der Waals surface area (Å²) < 4.78 is 31.4.